The van der Waals surface area contributed by atoms with Crippen molar-refractivity contribution in [1.29, 1.82) is 0 Å². The monoisotopic (exact) mass is 204 g/mol. The van der Waals surface area contributed by atoms with E-state index in [4.69, 9.17) is 6.42 Å². The molecule has 0 fully saturated rings. The van der Waals surface area contributed by atoms with Crippen LogP contribution in [0.5, 0.6) is 0 Å². The van der Waals surface area contributed by atoms with Crippen LogP contribution in [0.2, 0.25) is 0 Å². The summed E-state index contributed by atoms with van der Waals surface area (Å²) in [5.74, 6) is 2.61. The fourth-order valence-electron chi connectivity index (χ4n) is 2.19. The lowest BCUT2D eigenvalue weighted by Gasteiger charge is -2.00. The third-order valence-corrected chi connectivity index (χ3v) is 2.91. The molecule has 0 unspecified atom stereocenters. The second-order valence-electron chi connectivity index (χ2n) is 3.75. The third-order valence-electron chi connectivity index (χ3n) is 2.91. The molecule has 0 aliphatic heterocycles. The number of benzene rings is 2. The molecular formula is C15H8O. The molecule has 0 spiro atoms. The molecule has 0 bridgehead atoms. The van der Waals surface area contributed by atoms with Crippen molar-refractivity contribution in [3.63, 3.8) is 0 Å². The van der Waals surface area contributed by atoms with E-state index in [1.165, 1.54) is 0 Å². The molecule has 3 rings (SSSR count). The summed E-state index contributed by atoms with van der Waals surface area (Å²) in [5, 5.41) is 0. The van der Waals surface area contributed by atoms with Gasteiger partial charge in [-0.3, -0.25) is 4.79 Å². The van der Waals surface area contributed by atoms with Crippen LogP contribution in [-0.2, 0) is 0 Å². The second-order valence-corrected chi connectivity index (χ2v) is 3.75. The maximum atomic E-state index is 12.2. The van der Waals surface area contributed by atoms with Crippen molar-refractivity contribution in [2.45, 2.75) is 0 Å². The molecule has 1 aliphatic carbocycles. The van der Waals surface area contributed by atoms with E-state index < -0.39 is 0 Å². The molecule has 16 heavy (non-hydrogen) atoms. The van der Waals surface area contributed by atoms with Gasteiger partial charge in [-0.25, -0.2) is 0 Å². The van der Waals surface area contributed by atoms with Crippen LogP contribution >= 0.6 is 0 Å². The number of rotatable bonds is 0. The first-order chi connectivity index (χ1) is 7.83. The molecule has 0 heterocycles. The molecule has 0 amide bonds. The number of hydrogen-bond donors (Lipinski definition) is 0. The van der Waals surface area contributed by atoms with Gasteiger partial charge in [0, 0.05) is 16.7 Å². The zero-order chi connectivity index (χ0) is 11.1. The molecule has 0 saturated carbocycles. The van der Waals surface area contributed by atoms with Gasteiger partial charge in [0.2, 0.25) is 0 Å². The average molecular weight is 204 g/mol. The smallest absolute Gasteiger partial charge is 0.195 e. The standard InChI is InChI=1S/C15H8O/c1-2-10-6-5-9-12-11-7-3-4-8-13(11)15(16)14(10)12/h1,3-9H. The van der Waals surface area contributed by atoms with Gasteiger partial charge in [-0.15, -0.1) is 6.42 Å². The Morgan fingerprint density at radius 1 is 0.875 bits per heavy atom. The van der Waals surface area contributed by atoms with Crippen molar-refractivity contribution in [2.24, 2.45) is 0 Å². The molecule has 0 N–H and O–H groups in total. The first kappa shape index (κ1) is 8.94. The Labute approximate surface area is 93.7 Å². The van der Waals surface area contributed by atoms with Crippen LogP contribution in [-0.4, -0.2) is 5.78 Å². The van der Waals surface area contributed by atoms with Crippen LogP contribution in [0, 0.1) is 12.3 Å². The lowest BCUT2D eigenvalue weighted by Crippen LogP contribution is -1.97. The topological polar surface area (TPSA) is 17.1 Å². The zero-order valence-corrected chi connectivity index (χ0v) is 8.53. The van der Waals surface area contributed by atoms with E-state index in [9.17, 15) is 4.79 Å². The molecule has 2 aromatic rings. The molecule has 2 aromatic carbocycles. The van der Waals surface area contributed by atoms with Gasteiger partial charge in [0.25, 0.3) is 0 Å². The summed E-state index contributed by atoms with van der Waals surface area (Å²) in [6, 6.07) is 13.3. The summed E-state index contributed by atoms with van der Waals surface area (Å²) in [6.07, 6.45) is 5.42. The molecule has 0 aromatic heterocycles. The number of fused-ring (bicyclic) bond motifs is 3. The number of terminal acetylenes is 1. The fraction of sp³-hybridized carbons (Fsp3) is 0. The quantitative estimate of drug-likeness (QED) is 0.514. The summed E-state index contributed by atoms with van der Waals surface area (Å²) in [4.78, 5) is 12.2. The Morgan fingerprint density at radius 2 is 1.56 bits per heavy atom. The van der Waals surface area contributed by atoms with Crippen molar-refractivity contribution >= 4 is 5.78 Å². The summed E-state index contributed by atoms with van der Waals surface area (Å²) in [6.45, 7) is 0. The first-order valence-electron chi connectivity index (χ1n) is 5.06. The molecule has 0 radical (unpaired) electrons. The predicted octanol–water partition coefficient (Wildman–Crippen LogP) is 2.88. The van der Waals surface area contributed by atoms with Crippen LogP contribution in [0.25, 0.3) is 11.1 Å². The summed E-state index contributed by atoms with van der Waals surface area (Å²) in [7, 11) is 0. The van der Waals surface area contributed by atoms with Crippen LogP contribution in [0.1, 0.15) is 21.5 Å². The van der Waals surface area contributed by atoms with Gasteiger partial charge in [-0.2, -0.15) is 0 Å². The number of carbonyl (C=O) groups is 1. The highest BCUT2D eigenvalue weighted by Crippen LogP contribution is 2.37. The maximum absolute atomic E-state index is 12.2. The minimum absolute atomic E-state index is 0.0409. The van der Waals surface area contributed by atoms with Crippen LogP contribution < -0.4 is 0 Å². The number of hydrogen-bond acceptors (Lipinski definition) is 1. The van der Waals surface area contributed by atoms with Gasteiger partial charge in [0.1, 0.15) is 0 Å². The summed E-state index contributed by atoms with van der Waals surface area (Å²) in [5.41, 5.74) is 4.04. The Balaban J connectivity index is 2.42. The highest BCUT2D eigenvalue weighted by molar-refractivity contribution is 6.22. The molecule has 0 atom stereocenters. The van der Waals surface area contributed by atoms with E-state index >= 15 is 0 Å². The second kappa shape index (κ2) is 3.08. The number of carbonyl (C=O) groups excluding carboxylic acids is 1. The summed E-state index contributed by atoms with van der Waals surface area (Å²) >= 11 is 0. The van der Waals surface area contributed by atoms with E-state index in [1.807, 2.05) is 42.5 Å². The van der Waals surface area contributed by atoms with Crippen molar-refractivity contribution in [2.75, 3.05) is 0 Å². The van der Waals surface area contributed by atoms with Crippen LogP contribution in [0.4, 0.5) is 0 Å². The van der Waals surface area contributed by atoms with Crippen molar-refractivity contribution < 1.29 is 4.79 Å². The van der Waals surface area contributed by atoms with Gasteiger partial charge < -0.3 is 0 Å². The van der Waals surface area contributed by atoms with Crippen molar-refractivity contribution in [1.82, 2.24) is 0 Å². The van der Waals surface area contributed by atoms with E-state index in [-0.39, 0.29) is 5.78 Å². The van der Waals surface area contributed by atoms with E-state index in [2.05, 4.69) is 5.92 Å². The fourth-order valence-corrected chi connectivity index (χ4v) is 2.19. The molecule has 1 aliphatic rings. The molecule has 1 heteroatoms. The minimum atomic E-state index is 0.0409. The molecular weight excluding hydrogens is 196 g/mol. The molecule has 1 nitrogen and oxygen atoms in total. The zero-order valence-electron chi connectivity index (χ0n) is 8.53. The average Bonchev–Trinajstić information content (AvgIpc) is 2.64. The highest BCUT2D eigenvalue weighted by atomic mass is 16.1. The van der Waals surface area contributed by atoms with Crippen LogP contribution in [0.3, 0.4) is 0 Å². The highest BCUT2D eigenvalue weighted by Gasteiger charge is 2.27. The van der Waals surface area contributed by atoms with Crippen molar-refractivity contribution in [3.8, 4) is 23.5 Å². The van der Waals surface area contributed by atoms with E-state index in [0.717, 1.165) is 16.7 Å². The Bertz CT molecular complexity index is 645. The lowest BCUT2D eigenvalue weighted by molar-refractivity contribution is 0.104. The van der Waals surface area contributed by atoms with Gasteiger partial charge in [-0.05, 0) is 17.2 Å². The summed E-state index contributed by atoms with van der Waals surface area (Å²) < 4.78 is 0. The predicted molar refractivity (Wildman–Crippen MR) is 63.2 cm³/mol. The van der Waals surface area contributed by atoms with Crippen LogP contribution in [0.15, 0.2) is 42.5 Å². The lowest BCUT2D eigenvalue weighted by atomic mass is 10.0. The molecule has 74 valence electrons. The van der Waals surface area contributed by atoms with Gasteiger partial charge >= 0.3 is 0 Å². The first-order valence-corrected chi connectivity index (χ1v) is 5.06. The Hall–Kier alpha value is -2.33. The third kappa shape index (κ3) is 0.988. The van der Waals surface area contributed by atoms with Crippen molar-refractivity contribution in [3.05, 3.63) is 59.2 Å². The van der Waals surface area contributed by atoms with Gasteiger partial charge in [0.05, 0.1) is 0 Å². The van der Waals surface area contributed by atoms with Gasteiger partial charge in [-0.1, -0.05) is 42.3 Å². The van der Waals surface area contributed by atoms with Gasteiger partial charge in [0.15, 0.2) is 5.78 Å². The SMILES string of the molecule is C#Cc1cccc2c1C(=O)c1ccccc1-2. The van der Waals surface area contributed by atoms with E-state index in [1.54, 1.807) is 0 Å². The molecule has 0 saturated heterocycles. The largest absolute Gasteiger partial charge is 0.289 e. The normalized spacial score (nSPS) is 11.8. The van der Waals surface area contributed by atoms with E-state index in [0.29, 0.717) is 11.1 Å². The Kier molecular flexibility index (Phi) is 1.72. The Morgan fingerprint density at radius 3 is 2.31 bits per heavy atom. The maximum Gasteiger partial charge on any atom is 0.195 e. The number of ketones is 1. The minimum Gasteiger partial charge on any atom is -0.289 e.